The lowest BCUT2D eigenvalue weighted by atomic mass is 10.2. The number of esters is 1. The van der Waals surface area contributed by atoms with Gasteiger partial charge in [0.2, 0.25) is 0 Å². The minimum atomic E-state index is -0.200. The number of nitrogens with zero attached hydrogens (tertiary/aromatic N) is 1. The summed E-state index contributed by atoms with van der Waals surface area (Å²) in [5.41, 5.74) is 1.96. The molecule has 0 unspecified atom stereocenters. The second-order valence-corrected chi connectivity index (χ2v) is 4.00. The standard InChI is InChI=1S/C14H16N2O2/c1-18-14(17)8-9-15-10-12-7-6-11-4-2-3-5-13(11)16-12/h2-7,15H,8-10H2,1H3. The van der Waals surface area contributed by atoms with E-state index in [2.05, 4.69) is 21.1 Å². The molecule has 1 aromatic heterocycles. The van der Waals surface area contributed by atoms with Crippen LogP contribution in [0.4, 0.5) is 0 Å². The molecule has 0 saturated heterocycles. The number of fused-ring (bicyclic) bond motifs is 1. The normalized spacial score (nSPS) is 10.5. The van der Waals surface area contributed by atoms with Crippen LogP contribution in [0.1, 0.15) is 12.1 Å². The Kier molecular flexibility index (Phi) is 4.25. The first kappa shape index (κ1) is 12.5. The number of hydrogen-bond donors (Lipinski definition) is 1. The van der Waals surface area contributed by atoms with Crippen molar-refractivity contribution in [3.63, 3.8) is 0 Å². The van der Waals surface area contributed by atoms with Gasteiger partial charge in [0.05, 0.1) is 24.7 Å². The average Bonchev–Trinajstić information content (AvgIpc) is 2.43. The van der Waals surface area contributed by atoms with Crippen LogP contribution in [-0.2, 0) is 16.1 Å². The molecule has 0 saturated carbocycles. The third-order valence-electron chi connectivity index (χ3n) is 2.70. The number of ether oxygens (including phenoxy) is 1. The van der Waals surface area contributed by atoms with E-state index < -0.39 is 0 Å². The van der Waals surface area contributed by atoms with Crippen molar-refractivity contribution in [3.8, 4) is 0 Å². The smallest absolute Gasteiger partial charge is 0.306 e. The lowest BCUT2D eigenvalue weighted by Crippen LogP contribution is -2.19. The number of methoxy groups -OCH3 is 1. The Balaban J connectivity index is 1.90. The van der Waals surface area contributed by atoms with Gasteiger partial charge in [0.25, 0.3) is 0 Å². The van der Waals surface area contributed by atoms with Crippen LogP contribution in [0.25, 0.3) is 10.9 Å². The van der Waals surface area contributed by atoms with E-state index >= 15 is 0 Å². The van der Waals surface area contributed by atoms with Gasteiger partial charge >= 0.3 is 5.97 Å². The van der Waals surface area contributed by atoms with E-state index in [-0.39, 0.29) is 5.97 Å². The van der Waals surface area contributed by atoms with Gasteiger partial charge in [-0.3, -0.25) is 9.78 Å². The summed E-state index contributed by atoms with van der Waals surface area (Å²) < 4.78 is 4.57. The average molecular weight is 244 g/mol. The number of para-hydroxylation sites is 1. The van der Waals surface area contributed by atoms with Crippen molar-refractivity contribution in [3.05, 3.63) is 42.1 Å². The van der Waals surface area contributed by atoms with Crippen molar-refractivity contribution in [1.82, 2.24) is 10.3 Å². The Bertz CT molecular complexity index is 540. The van der Waals surface area contributed by atoms with E-state index in [1.807, 2.05) is 30.3 Å². The molecule has 18 heavy (non-hydrogen) atoms. The molecule has 4 heteroatoms. The van der Waals surface area contributed by atoms with Gasteiger partial charge < -0.3 is 10.1 Å². The molecule has 0 radical (unpaired) electrons. The van der Waals surface area contributed by atoms with E-state index in [0.717, 1.165) is 16.6 Å². The number of hydrogen-bond acceptors (Lipinski definition) is 4. The fourth-order valence-electron chi connectivity index (χ4n) is 1.72. The summed E-state index contributed by atoms with van der Waals surface area (Å²) in [5.74, 6) is -0.200. The summed E-state index contributed by atoms with van der Waals surface area (Å²) in [4.78, 5) is 15.5. The van der Waals surface area contributed by atoms with Crippen LogP contribution in [-0.4, -0.2) is 24.6 Å². The molecule has 1 heterocycles. The van der Waals surface area contributed by atoms with E-state index in [4.69, 9.17) is 0 Å². The van der Waals surface area contributed by atoms with Gasteiger partial charge in [-0.05, 0) is 12.1 Å². The molecule has 4 nitrogen and oxygen atoms in total. The monoisotopic (exact) mass is 244 g/mol. The van der Waals surface area contributed by atoms with Crippen LogP contribution < -0.4 is 5.32 Å². The number of rotatable bonds is 5. The first-order valence-corrected chi connectivity index (χ1v) is 5.92. The van der Waals surface area contributed by atoms with Crippen molar-refractivity contribution < 1.29 is 9.53 Å². The molecule has 0 aliphatic rings. The molecule has 0 aliphatic heterocycles. The molecule has 0 aliphatic carbocycles. The second kappa shape index (κ2) is 6.12. The summed E-state index contributed by atoms with van der Waals surface area (Å²) in [6.07, 6.45) is 0.379. The molecule has 0 bridgehead atoms. The maximum Gasteiger partial charge on any atom is 0.306 e. The number of benzene rings is 1. The largest absolute Gasteiger partial charge is 0.469 e. The molecule has 0 fully saturated rings. The molecule has 0 atom stereocenters. The van der Waals surface area contributed by atoms with E-state index in [9.17, 15) is 4.79 Å². The Labute approximate surface area is 106 Å². The zero-order chi connectivity index (χ0) is 12.8. The number of carbonyl (C=O) groups is 1. The minimum absolute atomic E-state index is 0.200. The molecule has 2 aromatic rings. The maximum atomic E-state index is 10.9. The lowest BCUT2D eigenvalue weighted by molar-refractivity contribution is -0.140. The Morgan fingerprint density at radius 2 is 2.11 bits per heavy atom. The maximum absolute atomic E-state index is 10.9. The molecule has 1 aromatic carbocycles. The lowest BCUT2D eigenvalue weighted by Gasteiger charge is -2.05. The van der Waals surface area contributed by atoms with Crippen LogP contribution in [0, 0.1) is 0 Å². The first-order valence-electron chi connectivity index (χ1n) is 5.92. The number of nitrogens with one attached hydrogen (secondary N) is 1. The van der Waals surface area contributed by atoms with Crippen LogP contribution >= 0.6 is 0 Å². The molecular formula is C14H16N2O2. The highest BCUT2D eigenvalue weighted by atomic mass is 16.5. The fraction of sp³-hybridized carbons (Fsp3) is 0.286. The summed E-state index contributed by atoms with van der Waals surface area (Å²) in [6.45, 7) is 1.25. The van der Waals surface area contributed by atoms with Crippen LogP contribution in [0.5, 0.6) is 0 Å². The van der Waals surface area contributed by atoms with Crippen molar-refractivity contribution >= 4 is 16.9 Å². The van der Waals surface area contributed by atoms with E-state index in [1.54, 1.807) is 0 Å². The number of aromatic nitrogens is 1. The number of carbonyl (C=O) groups excluding carboxylic acids is 1. The third kappa shape index (κ3) is 3.28. The van der Waals surface area contributed by atoms with Crippen LogP contribution in [0.15, 0.2) is 36.4 Å². The van der Waals surface area contributed by atoms with Gasteiger partial charge in [-0.15, -0.1) is 0 Å². The predicted octanol–water partition coefficient (Wildman–Crippen LogP) is 1.89. The molecule has 1 N–H and O–H groups in total. The predicted molar refractivity (Wildman–Crippen MR) is 70.1 cm³/mol. The Morgan fingerprint density at radius 1 is 1.28 bits per heavy atom. The van der Waals surface area contributed by atoms with Gasteiger partial charge in [-0.1, -0.05) is 24.3 Å². The van der Waals surface area contributed by atoms with Gasteiger partial charge in [-0.25, -0.2) is 0 Å². The zero-order valence-corrected chi connectivity index (χ0v) is 10.3. The van der Waals surface area contributed by atoms with Crippen molar-refractivity contribution in [1.29, 1.82) is 0 Å². The Morgan fingerprint density at radius 3 is 2.94 bits per heavy atom. The van der Waals surface area contributed by atoms with Crippen molar-refractivity contribution in [2.24, 2.45) is 0 Å². The van der Waals surface area contributed by atoms with Crippen LogP contribution in [0.3, 0.4) is 0 Å². The highest BCUT2D eigenvalue weighted by molar-refractivity contribution is 5.78. The Hall–Kier alpha value is -1.94. The van der Waals surface area contributed by atoms with Gasteiger partial charge in [0, 0.05) is 18.5 Å². The van der Waals surface area contributed by atoms with Gasteiger partial charge in [0.15, 0.2) is 0 Å². The quantitative estimate of drug-likeness (QED) is 0.644. The molecule has 0 spiro atoms. The summed E-state index contributed by atoms with van der Waals surface area (Å²) in [5, 5.41) is 4.30. The minimum Gasteiger partial charge on any atom is -0.469 e. The topological polar surface area (TPSA) is 51.2 Å². The second-order valence-electron chi connectivity index (χ2n) is 4.00. The van der Waals surface area contributed by atoms with Crippen LogP contribution in [0.2, 0.25) is 0 Å². The van der Waals surface area contributed by atoms with E-state index in [1.165, 1.54) is 7.11 Å². The number of pyridine rings is 1. The summed E-state index contributed by atoms with van der Waals surface area (Å²) >= 11 is 0. The molecule has 0 amide bonds. The van der Waals surface area contributed by atoms with E-state index in [0.29, 0.717) is 19.5 Å². The molecule has 2 rings (SSSR count). The van der Waals surface area contributed by atoms with Crippen molar-refractivity contribution in [2.45, 2.75) is 13.0 Å². The highest BCUT2D eigenvalue weighted by Crippen LogP contribution is 2.11. The molecular weight excluding hydrogens is 228 g/mol. The van der Waals surface area contributed by atoms with Gasteiger partial charge in [-0.2, -0.15) is 0 Å². The third-order valence-corrected chi connectivity index (χ3v) is 2.70. The zero-order valence-electron chi connectivity index (χ0n) is 10.3. The molecule has 94 valence electrons. The summed E-state index contributed by atoms with van der Waals surface area (Å²) in [7, 11) is 1.40. The fourth-order valence-corrected chi connectivity index (χ4v) is 1.72. The first-order chi connectivity index (χ1) is 8.79. The highest BCUT2D eigenvalue weighted by Gasteiger charge is 2.00. The van der Waals surface area contributed by atoms with Gasteiger partial charge in [0.1, 0.15) is 0 Å². The summed E-state index contributed by atoms with van der Waals surface area (Å²) in [6, 6.07) is 12.1. The SMILES string of the molecule is COC(=O)CCNCc1ccc2ccccc2n1. The van der Waals surface area contributed by atoms with Crippen molar-refractivity contribution in [2.75, 3.05) is 13.7 Å².